The molecule has 0 aromatic carbocycles. The quantitative estimate of drug-likeness (QED) is 0.465. The Morgan fingerprint density at radius 3 is 2.60 bits per heavy atom. The van der Waals surface area contributed by atoms with Crippen LogP contribution in [-0.2, 0) is 11.3 Å². The van der Waals surface area contributed by atoms with Crippen LogP contribution in [0.15, 0.2) is 16.5 Å². The van der Waals surface area contributed by atoms with Crippen molar-refractivity contribution in [3.63, 3.8) is 0 Å². The van der Waals surface area contributed by atoms with Gasteiger partial charge in [-0.15, -0.1) is 0 Å². The molecule has 7 nitrogen and oxygen atoms in total. The van der Waals surface area contributed by atoms with E-state index in [1.54, 1.807) is 0 Å². The first kappa shape index (κ1) is 22.6. The summed E-state index contributed by atoms with van der Waals surface area (Å²) >= 11 is 5.62. The largest absolute Gasteiger partial charge is 0.454 e. The molecule has 0 unspecified atom stereocenters. The van der Waals surface area contributed by atoms with E-state index in [-0.39, 0.29) is 18.1 Å². The number of aromatic nitrogens is 2. The van der Waals surface area contributed by atoms with Crippen molar-refractivity contribution in [2.75, 3.05) is 39.4 Å². The maximum atomic E-state index is 13.2. The minimum Gasteiger partial charge on any atom is -0.454 e. The second-order valence-corrected chi connectivity index (χ2v) is 7.05. The molecule has 1 N–H and O–H groups in total. The molecule has 0 saturated carbocycles. The fourth-order valence-electron chi connectivity index (χ4n) is 3.09. The number of hydrogen-bond acceptors (Lipinski definition) is 5. The van der Waals surface area contributed by atoms with Gasteiger partial charge in [-0.25, -0.2) is 17.6 Å². The van der Waals surface area contributed by atoms with Crippen LogP contribution in [0.1, 0.15) is 47.0 Å². The van der Waals surface area contributed by atoms with E-state index in [1.165, 1.54) is 12.1 Å². The Kier molecular flexibility index (Phi) is 7.73. The molecular weight excluding hydrogens is 432 g/mol. The SMILES string of the molecule is O=C(NCCCN1CCOCC1)c1ccc(Cn2nc(C(F)F)c(Cl)c2C(F)F)o1. The molecule has 1 fully saturated rings. The molecule has 0 aliphatic carbocycles. The zero-order chi connectivity index (χ0) is 21.7. The number of morpholine rings is 1. The number of carbonyl (C=O) groups is 1. The van der Waals surface area contributed by atoms with Gasteiger partial charge in [0.05, 0.1) is 24.8 Å². The lowest BCUT2D eigenvalue weighted by atomic mass is 10.3. The number of ether oxygens (including phenoxy) is 1. The van der Waals surface area contributed by atoms with Crippen molar-refractivity contribution in [3.8, 4) is 0 Å². The van der Waals surface area contributed by atoms with Crippen LogP contribution in [0.2, 0.25) is 5.02 Å². The molecule has 1 saturated heterocycles. The summed E-state index contributed by atoms with van der Waals surface area (Å²) in [6.07, 6.45) is -5.44. The first-order chi connectivity index (χ1) is 14.4. The predicted molar refractivity (Wildman–Crippen MR) is 99.2 cm³/mol. The number of halogens is 5. The van der Waals surface area contributed by atoms with Crippen LogP contribution in [0.5, 0.6) is 0 Å². The maximum Gasteiger partial charge on any atom is 0.286 e. The standard InChI is InChI=1S/C18H21ClF4N4O3/c19-13-14(16(20)21)25-27(15(13)17(22)23)10-11-2-3-12(30-11)18(28)24-4-1-5-26-6-8-29-9-7-26/h2-3,16-17H,1,4-10H2,(H,24,28). The molecule has 0 radical (unpaired) electrons. The van der Waals surface area contributed by atoms with Crippen molar-refractivity contribution >= 4 is 17.5 Å². The van der Waals surface area contributed by atoms with E-state index in [9.17, 15) is 22.4 Å². The third-order valence-electron chi connectivity index (χ3n) is 4.60. The molecule has 1 aliphatic rings. The van der Waals surface area contributed by atoms with Gasteiger partial charge in [-0.3, -0.25) is 14.4 Å². The van der Waals surface area contributed by atoms with Crippen LogP contribution in [0.3, 0.4) is 0 Å². The van der Waals surface area contributed by atoms with Crippen molar-refractivity contribution in [3.05, 3.63) is 40.1 Å². The number of hydrogen-bond donors (Lipinski definition) is 1. The van der Waals surface area contributed by atoms with Crippen molar-refractivity contribution in [1.29, 1.82) is 0 Å². The number of furan rings is 1. The van der Waals surface area contributed by atoms with E-state index >= 15 is 0 Å². The zero-order valence-corrected chi connectivity index (χ0v) is 16.7. The first-order valence-electron chi connectivity index (χ1n) is 9.36. The monoisotopic (exact) mass is 452 g/mol. The molecule has 166 valence electrons. The Balaban J connectivity index is 1.55. The summed E-state index contributed by atoms with van der Waals surface area (Å²) in [7, 11) is 0. The molecule has 0 bridgehead atoms. The smallest absolute Gasteiger partial charge is 0.286 e. The van der Waals surface area contributed by atoms with Gasteiger partial charge in [0.15, 0.2) is 5.76 Å². The van der Waals surface area contributed by atoms with Crippen LogP contribution in [0.25, 0.3) is 0 Å². The summed E-state index contributed by atoms with van der Waals surface area (Å²) < 4.78 is 63.5. The number of nitrogens with one attached hydrogen (secondary N) is 1. The van der Waals surface area contributed by atoms with Crippen LogP contribution in [0.4, 0.5) is 17.6 Å². The Labute approximate surface area is 174 Å². The summed E-state index contributed by atoms with van der Waals surface area (Å²) in [6, 6.07) is 2.78. The Hall–Kier alpha value is -2.11. The highest BCUT2D eigenvalue weighted by Gasteiger charge is 2.28. The lowest BCUT2D eigenvalue weighted by molar-refractivity contribution is 0.0374. The van der Waals surface area contributed by atoms with Crippen molar-refractivity contribution < 1.29 is 31.5 Å². The number of rotatable bonds is 9. The lowest BCUT2D eigenvalue weighted by Crippen LogP contribution is -2.38. The molecule has 2 aromatic rings. The Bertz CT molecular complexity index is 853. The number of alkyl halides is 4. The molecule has 12 heteroatoms. The van der Waals surface area contributed by atoms with E-state index in [2.05, 4.69) is 15.3 Å². The Morgan fingerprint density at radius 1 is 1.20 bits per heavy atom. The van der Waals surface area contributed by atoms with Gasteiger partial charge < -0.3 is 14.5 Å². The maximum absolute atomic E-state index is 13.2. The van der Waals surface area contributed by atoms with Crippen LogP contribution in [0, 0.1) is 0 Å². The Morgan fingerprint density at radius 2 is 1.93 bits per heavy atom. The van der Waals surface area contributed by atoms with Crippen molar-refractivity contribution in [1.82, 2.24) is 20.0 Å². The molecule has 0 spiro atoms. The van der Waals surface area contributed by atoms with E-state index in [4.69, 9.17) is 20.8 Å². The van der Waals surface area contributed by atoms with Gasteiger partial charge in [-0.1, -0.05) is 11.6 Å². The topological polar surface area (TPSA) is 72.5 Å². The number of carbonyl (C=O) groups excluding carboxylic acids is 1. The van der Waals surface area contributed by atoms with Gasteiger partial charge in [0.1, 0.15) is 17.1 Å². The van der Waals surface area contributed by atoms with Gasteiger partial charge in [0.2, 0.25) is 0 Å². The molecule has 3 heterocycles. The molecule has 1 aliphatic heterocycles. The van der Waals surface area contributed by atoms with Crippen LogP contribution >= 0.6 is 11.6 Å². The summed E-state index contributed by atoms with van der Waals surface area (Å²) in [5, 5.41) is 5.41. The average Bonchev–Trinajstić information content (AvgIpc) is 3.30. The van der Waals surface area contributed by atoms with Crippen LogP contribution in [-0.4, -0.2) is 60.0 Å². The highest BCUT2D eigenvalue weighted by Crippen LogP contribution is 2.35. The fraction of sp³-hybridized carbons (Fsp3) is 0.556. The lowest BCUT2D eigenvalue weighted by Gasteiger charge is -2.26. The van der Waals surface area contributed by atoms with Gasteiger partial charge in [-0.05, 0) is 25.1 Å². The fourth-order valence-corrected chi connectivity index (χ4v) is 3.39. The summed E-state index contributed by atoms with van der Waals surface area (Å²) in [4.78, 5) is 14.4. The summed E-state index contributed by atoms with van der Waals surface area (Å²) in [6.45, 7) is 4.03. The molecule has 2 aromatic heterocycles. The molecule has 30 heavy (non-hydrogen) atoms. The number of amides is 1. The van der Waals surface area contributed by atoms with Crippen LogP contribution < -0.4 is 5.32 Å². The average molecular weight is 453 g/mol. The van der Waals surface area contributed by atoms with Crippen molar-refractivity contribution in [2.24, 2.45) is 0 Å². The van der Waals surface area contributed by atoms with Gasteiger partial charge in [0.25, 0.3) is 18.8 Å². The molecule has 0 atom stereocenters. The third kappa shape index (κ3) is 5.52. The summed E-state index contributed by atoms with van der Waals surface area (Å²) in [5.74, 6) is -0.360. The predicted octanol–water partition coefficient (Wildman–Crippen LogP) is 3.51. The minimum absolute atomic E-state index is 0.0118. The second-order valence-electron chi connectivity index (χ2n) is 6.67. The summed E-state index contributed by atoms with van der Waals surface area (Å²) in [5.41, 5.74) is -1.74. The minimum atomic E-state index is -3.10. The van der Waals surface area contributed by atoms with Crippen molar-refractivity contribution in [2.45, 2.75) is 25.8 Å². The third-order valence-corrected chi connectivity index (χ3v) is 4.99. The number of nitrogens with zero attached hydrogens (tertiary/aromatic N) is 3. The van der Waals surface area contributed by atoms with E-state index < -0.39 is 35.2 Å². The molecule has 3 rings (SSSR count). The zero-order valence-electron chi connectivity index (χ0n) is 15.9. The van der Waals surface area contributed by atoms with Gasteiger partial charge >= 0.3 is 0 Å². The van der Waals surface area contributed by atoms with E-state index in [0.717, 1.165) is 26.1 Å². The normalized spacial score (nSPS) is 15.3. The molecular formula is C18H21ClF4N4O3. The first-order valence-corrected chi connectivity index (χ1v) is 9.74. The van der Waals surface area contributed by atoms with Gasteiger partial charge in [-0.2, -0.15) is 5.10 Å². The van der Waals surface area contributed by atoms with E-state index in [0.29, 0.717) is 24.4 Å². The highest BCUT2D eigenvalue weighted by atomic mass is 35.5. The van der Waals surface area contributed by atoms with E-state index in [1.807, 2.05) is 0 Å². The second kappa shape index (κ2) is 10.3. The molecule has 1 amide bonds. The highest BCUT2D eigenvalue weighted by molar-refractivity contribution is 6.32. The van der Waals surface area contributed by atoms with Gasteiger partial charge in [0, 0.05) is 19.6 Å².